The van der Waals surface area contributed by atoms with E-state index in [-0.39, 0.29) is 6.10 Å². The molecule has 1 rings (SSSR count). The average molecular weight is 186 g/mol. The van der Waals surface area contributed by atoms with Crippen LogP contribution in [0.25, 0.3) is 0 Å². The van der Waals surface area contributed by atoms with Crippen LogP contribution in [0.1, 0.15) is 40.5 Å². The third kappa shape index (κ3) is 2.96. The summed E-state index contributed by atoms with van der Waals surface area (Å²) in [6.45, 7) is 8.93. The zero-order valence-corrected chi connectivity index (χ0v) is 9.21. The zero-order chi connectivity index (χ0) is 10.1. The zero-order valence-electron chi connectivity index (χ0n) is 9.21. The van der Waals surface area contributed by atoms with E-state index in [1.54, 1.807) is 0 Å². The topological polar surface area (TPSA) is 29.5 Å². The van der Waals surface area contributed by atoms with Crippen molar-refractivity contribution in [3.8, 4) is 0 Å². The summed E-state index contributed by atoms with van der Waals surface area (Å²) in [6.07, 6.45) is 2.21. The van der Waals surface area contributed by atoms with Crippen LogP contribution in [0.3, 0.4) is 0 Å². The molecule has 1 aliphatic heterocycles. The maximum absolute atomic E-state index is 9.74. The molecule has 0 aliphatic carbocycles. The van der Waals surface area contributed by atoms with Gasteiger partial charge < -0.3 is 9.84 Å². The average Bonchev–Trinajstić information content (AvgIpc) is 2.03. The van der Waals surface area contributed by atoms with Gasteiger partial charge in [-0.2, -0.15) is 0 Å². The van der Waals surface area contributed by atoms with Crippen molar-refractivity contribution >= 4 is 0 Å². The van der Waals surface area contributed by atoms with Crippen molar-refractivity contribution in [2.24, 2.45) is 11.8 Å². The largest absolute Gasteiger partial charge is 0.388 e. The highest BCUT2D eigenvalue weighted by molar-refractivity contribution is 4.83. The molecule has 2 heteroatoms. The van der Waals surface area contributed by atoms with E-state index >= 15 is 0 Å². The number of hydrogen-bond donors (Lipinski definition) is 1. The maximum Gasteiger partial charge on any atom is 0.0856 e. The Balaban J connectivity index is 2.39. The Hall–Kier alpha value is -0.0800. The molecule has 0 radical (unpaired) electrons. The minimum absolute atomic E-state index is 0.0301. The van der Waals surface area contributed by atoms with Crippen molar-refractivity contribution in [1.82, 2.24) is 0 Å². The molecule has 2 nitrogen and oxygen atoms in total. The Labute approximate surface area is 81.3 Å². The Morgan fingerprint density at radius 1 is 1.31 bits per heavy atom. The van der Waals surface area contributed by atoms with E-state index in [0.29, 0.717) is 11.8 Å². The van der Waals surface area contributed by atoms with Gasteiger partial charge in [-0.05, 0) is 38.5 Å². The fraction of sp³-hybridized carbons (Fsp3) is 1.00. The van der Waals surface area contributed by atoms with E-state index in [9.17, 15) is 5.11 Å². The highest BCUT2D eigenvalue weighted by Gasteiger charge is 2.32. The predicted molar refractivity (Wildman–Crippen MR) is 53.6 cm³/mol. The number of rotatable bonds is 2. The van der Waals surface area contributed by atoms with Crippen molar-refractivity contribution in [3.63, 3.8) is 0 Å². The van der Waals surface area contributed by atoms with Crippen LogP contribution in [-0.4, -0.2) is 23.4 Å². The second-order valence-corrected chi connectivity index (χ2v) is 5.06. The lowest BCUT2D eigenvalue weighted by atomic mass is 9.85. The first-order valence-electron chi connectivity index (χ1n) is 5.25. The number of ether oxygens (including phenoxy) is 1. The van der Waals surface area contributed by atoms with Gasteiger partial charge in [0, 0.05) is 0 Å². The monoisotopic (exact) mass is 186 g/mol. The summed E-state index contributed by atoms with van der Waals surface area (Å²) in [5.41, 5.74) is -0.679. The maximum atomic E-state index is 9.74. The molecule has 1 saturated heterocycles. The predicted octanol–water partition coefficient (Wildman–Crippen LogP) is 2.21. The summed E-state index contributed by atoms with van der Waals surface area (Å²) in [7, 11) is 0. The first kappa shape index (κ1) is 11.0. The summed E-state index contributed by atoms with van der Waals surface area (Å²) >= 11 is 0. The molecular weight excluding hydrogens is 164 g/mol. The Bertz CT molecular complexity index is 150. The highest BCUT2D eigenvalue weighted by atomic mass is 16.5. The molecule has 1 fully saturated rings. The van der Waals surface area contributed by atoms with E-state index < -0.39 is 5.60 Å². The van der Waals surface area contributed by atoms with Gasteiger partial charge in [-0.25, -0.2) is 0 Å². The van der Waals surface area contributed by atoms with Crippen molar-refractivity contribution in [2.45, 2.75) is 52.2 Å². The van der Waals surface area contributed by atoms with Crippen LogP contribution in [0.15, 0.2) is 0 Å². The molecule has 0 aromatic carbocycles. The molecule has 78 valence electrons. The third-order valence-corrected chi connectivity index (χ3v) is 3.04. The SMILES string of the molecule is CC(C)C1CCC(C(C)(C)O)OC1. The van der Waals surface area contributed by atoms with Gasteiger partial charge in [0.25, 0.3) is 0 Å². The van der Waals surface area contributed by atoms with Crippen LogP contribution < -0.4 is 0 Å². The van der Waals surface area contributed by atoms with E-state index in [4.69, 9.17) is 4.74 Å². The Morgan fingerprint density at radius 3 is 2.23 bits per heavy atom. The van der Waals surface area contributed by atoms with Gasteiger partial charge in [-0.3, -0.25) is 0 Å². The molecule has 0 aromatic heterocycles. The minimum Gasteiger partial charge on any atom is -0.388 e. The molecule has 13 heavy (non-hydrogen) atoms. The lowest BCUT2D eigenvalue weighted by Crippen LogP contribution is -2.42. The Morgan fingerprint density at radius 2 is 1.92 bits per heavy atom. The van der Waals surface area contributed by atoms with Gasteiger partial charge in [0.1, 0.15) is 0 Å². The Kier molecular flexibility index (Phi) is 3.36. The minimum atomic E-state index is -0.679. The highest BCUT2D eigenvalue weighted by Crippen LogP contribution is 2.29. The number of aliphatic hydroxyl groups is 1. The summed E-state index contributed by atoms with van der Waals surface area (Å²) in [6, 6.07) is 0. The second kappa shape index (κ2) is 3.97. The van der Waals surface area contributed by atoms with Crippen LogP contribution in [0.5, 0.6) is 0 Å². The second-order valence-electron chi connectivity index (χ2n) is 5.06. The summed E-state index contributed by atoms with van der Waals surface area (Å²) in [5.74, 6) is 1.38. The van der Waals surface area contributed by atoms with Crippen LogP contribution >= 0.6 is 0 Å². The lowest BCUT2D eigenvalue weighted by Gasteiger charge is -2.37. The van der Waals surface area contributed by atoms with Gasteiger partial charge in [-0.15, -0.1) is 0 Å². The molecule has 0 spiro atoms. The molecule has 2 atom stereocenters. The van der Waals surface area contributed by atoms with Crippen LogP contribution in [-0.2, 0) is 4.74 Å². The first-order valence-corrected chi connectivity index (χ1v) is 5.25. The van der Waals surface area contributed by atoms with Crippen LogP contribution in [0.2, 0.25) is 0 Å². The van der Waals surface area contributed by atoms with Crippen LogP contribution in [0.4, 0.5) is 0 Å². The van der Waals surface area contributed by atoms with E-state index in [1.807, 2.05) is 13.8 Å². The third-order valence-electron chi connectivity index (χ3n) is 3.04. The number of hydrogen-bond acceptors (Lipinski definition) is 2. The van der Waals surface area contributed by atoms with Crippen molar-refractivity contribution < 1.29 is 9.84 Å². The molecule has 1 heterocycles. The van der Waals surface area contributed by atoms with Crippen molar-refractivity contribution in [3.05, 3.63) is 0 Å². The molecule has 0 aromatic rings. The normalized spacial score (nSPS) is 30.9. The standard InChI is InChI=1S/C11H22O2/c1-8(2)9-5-6-10(13-7-9)11(3,4)12/h8-10,12H,5-7H2,1-4H3. The molecular formula is C11H22O2. The molecule has 2 unspecified atom stereocenters. The van der Waals surface area contributed by atoms with Gasteiger partial charge in [0.2, 0.25) is 0 Å². The van der Waals surface area contributed by atoms with Crippen LogP contribution in [0, 0.1) is 11.8 Å². The molecule has 0 saturated carbocycles. The van der Waals surface area contributed by atoms with Gasteiger partial charge >= 0.3 is 0 Å². The van der Waals surface area contributed by atoms with Gasteiger partial charge in [-0.1, -0.05) is 13.8 Å². The summed E-state index contributed by atoms with van der Waals surface area (Å²) in [5, 5.41) is 9.74. The first-order chi connectivity index (χ1) is 5.91. The van der Waals surface area contributed by atoms with Gasteiger partial charge in [0.05, 0.1) is 18.3 Å². The fourth-order valence-corrected chi connectivity index (χ4v) is 1.85. The fourth-order valence-electron chi connectivity index (χ4n) is 1.85. The molecule has 1 N–H and O–H groups in total. The van der Waals surface area contributed by atoms with E-state index in [2.05, 4.69) is 13.8 Å². The molecule has 0 bridgehead atoms. The summed E-state index contributed by atoms with van der Waals surface area (Å²) < 4.78 is 5.67. The lowest BCUT2D eigenvalue weighted by molar-refractivity contribution is -0.126. The van der Waals surface area contributed by atoms with Gasteiger partial charge in [0.15, 0.2) is 0 Å². The smallest absolute Gasteiger partial charge is 0.0856 e. The quantitative estimate of drug-likeness (QED) is 0.716. The molecule has 0 amide bonds. The summed E-state index contributed by atoms with van der Waals surface area (Å²) in [4.78, 5) is 0. The van der Waals surface area contributed by atoms with E-state index in [0.717, 1.165) is 13.0 Å². The molecule has 1 aliphatic rings. The van der Waals surface area contributed by atoms with Crippen molar-refractivity contribution in [1.29, 1.82) is 0 Å². The van der Waals surface area contributed by atoms with E-state index in [1.165, 1.54) is 6.42 Å². The van der Waals surface area contributed by atoms with Crippen molar-refractivity contribution in [2.75, 3.05) is 6.61 Å².